The first-order chi connectivity index (χ1) is 10.5. The first kappa shape index (κ1) is 17.7. The van der Waals surface area contributed by atoms with Gasteiger partial charge in [0.2, 0.25) is 0 Å². The van der Waals surface area contributed by atoms with Crippen molar-refractivity contribution in [1.29, 1.82) is 0 Å². The zero-order valence-corrected chi connectivity index (χ0v) is 15.8. The fourth-order valence-electron chi connectivity index (χ4n) is 3.19. The maximum atomic E-state index is 5.33. The molecule has 0 saturated carbocycles. The number of nitrogens with one attached hydrogen (secondary N) is 2. The molecule has 0 radical (unpaired) electrons. The predicted molar refractivity (Wildman–Crippen MR) is 102 cm³/mol. The number of likely N-dealkylation sites (tertiary alicyclic amines) is 1. The van der Waals surface area contributed by atoms with E-state index in [1.165, 1.54) is 19.5 Å². The normalized spacial score (nSPS) is 22.3. The molecule has 2 rings (SSSR count). The van der Waals surface area contributed by atoms with Crippen molar-refractivity contribution in [3.8, 4) is 0 Å². The average Bonchev–Trinajstić information content (AvgIpc) is 2.45. The zero-order chi connectivity index (χ0) is 15.9. The minimum atomic E-state index is 0.697. The first-order valence-electron chi connectivity index (χ1n) is 8.05. The van der Waals surface area contributed by atoms with Crippen LogP contribution in [0.1, 0.15) is 26.7 Å². The van der Waals surface area contributed by atoms with Crippen LogP contribution in [0.15, 0.2) is 28.7 Å². The molecule has 2 atom stereocenters. The highest BCUT2D eigenvalue weighted by molar-refractivity contribution is 9.10. The zero-order valence-electron chi connectivity index (χ0n) is 13.4. The van der Waals surface area contributed by atoms with E-state index in [1.54, 1.807) is 0 Å². The van der Waals surface area contributed by atoms with Crippen molar-refractivity contribution in [2.24, 2.45) is 11.8 Å². The van der Waals surface area contributed by atoms with Crippen LogP contribution in [0.25, 0.3) is 0 Å². The van der Waals surface area contributed by atoms with Crippen molar-refractivity contribution in [3.63, 3.8) is 0 Å². The minimum absolute atomic E-state index is 0.697. The van der Waals surface area contributed by atoms with E-state index in [0.29, 0.717) is 5.11 Å². The number of thiocarbonyl (C=S) groups is 1. The van der Waals surface area contributed by atoms with Crippen molar-refractivity contribution in [1.82, 2.24) is 10.2 Å². The molecule has 1 aromatic rings. The quantitative estimate of drug-likeness (QED) is 0.590. The Balaban J connectivity index is 1.62. The van der Waals surface area contributed by atoms with E-state index in [1.807, 2.05) is 24.3 Å². The molecule has 1 fully saturated rings. The molecule has 122 valence electrons. The average molecular weight is 384 g/mol. The van der Waals surface area contributed by atoms with Crippen LogP contribution in [-0.4, -0.2) is 36.2 Å². The molecular weight excluding hydrogens is 358 g/mol. The smallest absolute Gasteiger partial charge is 0.170 e. The second kappa shape index (κ2) is 8.85. The third-order valence-electron chi connectivity index (χ3n) is 3.98. The highest BCUT2D eigenvalue weighted by Gasteiger charge is 2.20. The van der Waals surface area contributed by atoms with Crippen LogP contribution >= 0.6 is 28.1 Å². The molecule has 0 aliphatic carbocycles. The van der Waals surface area contributed by atoms with Gasteiger partial charge in [0.1, 0.15) is 0 Å². The van der Waals surface area contributed by atoms with E-state index in [4.69, 9.17) is 12.2 Å². The molecule has 3 nitrogen and oxygen atoms in total. The maximum absolute atomic E-state index is 5.33. The maximum Gasteiger partial charge on any atom is 0.170 e. The Morgan fingerprint density at radius 1 is 1.23 bits per heavy atom. The number of benzene rings is 1. The molecule has 5 heteroatoms. The topological polar surface area (TPSA) is 27.3 Å². The molecule has 1 aliphatic rings. The molecule has 2 N–H and O–H groups in total. The fraction of sp³-hybridized carbons (Fsp3) is 0.588. The molecule has 22 heavy (non-hydrogen) atoms. The van der Waals surface area contributed by atoms with Gasteiger partial charge in [-0.15, -0.1) is 0 Å². The van der Waals surface area contributed by atoms with Gasteiger partial charge in [-0.05, 0) is 67.7 Å². The Morgan fingerprint density at radius 2 is 1.86 bits per heavy atom. The second-order valence-electron chi connectivity index (χ2n) is 6.45. The van der Waals surface area contributed by atoms with Crippen LogP contribution in [0.4, 0.5) is 5.69 Å². The SMILES string of the molecule is C[C@@H]1C[C@H](C)CN(CCCNC(=S)Nc2ccc(Br)cc2)C1. The summed E-state index contributed by atoms with van der Waals surface area (Å²) in [6.45, 7) is 9.28. The molecule has 0 aromatic heterocycles. The largest absolute Gasteiger partial charge is 0.362 e. The third-order valence-corrected chi connectivity index (χ3v) is 4.76. The number of nitrogens with zero attached hydrogens (tertiary/aromatic N) is 1. The number of rotatable bonds is 5. The Hall–Kier alpha value is -0.650. The van der Waals surface area contributed by atoms with E-state index < -0.39 is 0 Å². The lowest BCUT2D eigenvalue weighted by atomic mass is 9.92. The summed E-state index contributed by atoms with van der Waals surface area (Å²) in [7, 11) is 0. The minimum Gasteiger partial charge on any atom is -0.362 e. The summed E-state index contributed by atoms with van der Waals surface area (Å²) in [5, 5.41) is 7.19. The highest BCUT2D eigenvalue weighted by atomic mass is 79.9. The van der Waals surface area contributed by atoms with Crippen LogP contribution < -0.4 is 10.6 Å². The van der Waals surface area contributed by atoms with Gasteiger partial charge in [0.25, 0.3) is 0 Å². The van der Waals surface area contributed by atoms with Crippen molar-refractivity contribution in [2.75, 3.05) is 31.5 Å². The van der Waals surface area contributed by atoms with E-state index >= 15 is 0 Å². The van der Waals surface area contributed by atoms with Crippen molar-refractivity contribution >= 4 is 38.9 Å². The standard InChI is InChI=1S/C17H26BrN3S/c1-13-10-14(2)12-21(11-13)9-3-8-19-17(22)20-16-6-4-15(18)5-7-16/h4-7,13-14H,3,8-12H2,1-2H3,(H2,19,20,22)/t13-,14+. The summed E-state index contributed by atoms with van der Waals surface area (Å²) < 4.78 is 1.07. The third kappa shape index (κ3) is 6.23. The van der Waals surface area contributed by atoms with Gasteiger partial charge in [-0.1, -0.05) is 29.8 Å². The van der Waals surface area contributed by atoms with Gasteiger partial charge in [0.15, 0.2) is 5.11 Å². The van der Waals surface area contributed by atoms with E-state index in [0.717, 1.165) is 41.5 Å². The van der Waals surface area contributed by atoms with Gasteiger partial charge >= 0.3 is 0 Å². The Bertz CT molecular complexity index is 467. The predicted octanol–water partition coefficient (Wildman–Crippen LogP) is 4.10. The molecule has 1 saturated heterocycles. The number of hydrogen-bond acceptors (Lipinski definition) is 2. The molecule has 0 unspecified atom stereocenters. The Morgan fingerprint density at radius 3 is 2.50 bits per heavy atom. The summed E-state index contributed by atoms with van der Waals surface area (Å²) in [6.07, 6.45) is 2.50. The second-order valence-corrected chi connectivity index (χ2v) is 7.77. The van der Waals surface area contributed by atoms with E-state index in [2.05, 4.69) is 45.3 Å². The Labute approximate surface area is 148 Å². The molecule has 1 aromatic carbocycles. The van der Waals surface area contributed by atoms with E-state index in [-0.39, 0.29) is 0 Å². The summed E-state index contributed by atoms with van der Waals surface area (Å²) in [6, 6.07) is 8.02. The summed E-state index contributed by atoms with van der Waals surface area (Å²) >= 11 is 8.76. The van der Waals surface area contributed by atoms with Gasteiger partial charge in [0.05, 0.1) is 0 Å². The highest BCUT2D eigenvalue weighted by Crippen LogP contribution is 2.20. The lowest BCUT2D eigenvalue weighted by Gasteiger charge is -2.34. The number of anilines is 1. The Kier molecular flexibility index (Phi) is 7.12. The van der Waals surface area contributed by atoms with Gasteiger partial charge in [0, 0.05) is 29.8 Å². The van der Waals surface area contributed by atoms with Crippen molar-refractivity contribution in [2.45, 2.75) is 26.7 Å². The fourth-order valence-corrected chi connectivity index (χ4v) is 3.67. The molecule has 0 amide bonds. The van der Waals surface area contributed by atoms with Crippen LogP contribution in [0, 0.1) is 11.8 Å². The van der Waals surface area contributed by atoms with Crippen molar-refractivity contribution < 1.29 is 0 Å². The van der Waals surface area contributed by atoms with Gasteiger partial charge in [-0.2, -0.15) is 0 Å². The monoisotopic (exact) mass is 383 g/mol. The summed E-state index contributed by atoms with van der Waals surface area (Å²) in [5.41, 5.74) is 1.01. The number of hydrogen-bond donors (Lipinski definition) is 2. The van der Waals surface area contributed by atoms with Gasteiger partial charge < -0.3 is 15.5 Å². The van der Waals surface area contributed by atoms with Gasteiger partial charge in [-0.3, -0.25) is 0 Å². The van der Waals surface area contributed by atoms with Crippen LogP contribution in [0.2, 0.25) is 0 Å². The van der Waals surface area contributed by atoms with Crippen LogP contribution in [-0.2, 0) is 0 Å². The van der Waals surface area contributed by atoms with Crippen LogP contribution in [0.5, 0.6) is 0 Å². The molecular formula is C17H26BrN3S. The first-order valence-corrected chi connectivity index (χ1v) is 9.26. The lowest BCUT2D eigenvalue weighted by Crippen LogP contribution is -2.40. The van der Waals surface area contributed by atoms with Gasteiger partial charge in [-0.25, -0.2) is 0 Å². The number of halogens is 1. The molecule has 0 bridgehead atoms. The summed E-state index contributed by atoms with van der Waals surface area (Å²) in [4.78, 5) is 2.59. The summed E-state index contributed by atoms with van der Waals surface area (Å²) in [5.74, 6) is 1.66. The lowest BCUT2D eigenvalue weighted by molar-refractivity contribution is 0.140. The molecule has 0 spiro atoms. The molecule has 1 aliphatic heterocycles. The molecule has 1 heterocycles. The number of piperidine rings is 1. The van der Waals surface area contributed by atoms with Crippen molar-refractivity contribution in [3.05, 3.63) is 28.7 Å². The van der Waals surface area contributed by atoms with Crippen LogP contribution in [0.3, 0.4) is 0 Å². The van der Waals surface area contributed by atoms with E-state index in [9.17, 15) is 0 Å².